The number of phenolic OH excluding ortho intramolecular Hbond substituents is 1. The normalized spacial score (nSPS) is 19.2. The van der Waals surface area contributed by atoms with Crippen LogP contribution in [0.4, 0.5) is 0 Å². The van der Waals surface area contributed by atoms with E-state index < -0.39 is 0 Å². The minimum Gasteiger partial charge on any atom is -0.508 e. The van der Waals surface area contributed by atoms with Crippen LogP contribution in [-0.2, 0) is 5.41 Å². The summed E-state index contributed by atoms with van der Waals surface area (Å²) in [6.45, 7) is 4.67. The maximum atomic E-state index is 11.3. The topological polar surface area (TPSA) is 20.2 Å². The minimum atomic E-state index is -0.0445. The third-order valence-electron chi connectivity index (χ3n) is 8.97. The summed E-state index contributed by atoms with van der Waals surface area (Å²) in [5, 5.41) is 11.3. The molecule has 0 unspecified atom stereocenters. The van der Waals surface area contributed by atoms with Gasteiger partial charge in [-0.25, -0.2) is 0 Å². The van der Waals surface area contributed by atoms with Crippen molar-refractivity contribution in [3.05, 3.63) is 148 Å². The van der Waals surface area contributed by atoms with E-state index in [1.807, 2.05) is 6.07 Å². The Bertz CT molecular complexity index is 1690. The SMILES string of the molecule is CC1(C)c2ccccc2-c2ccc(-c3ccc(O)c4c3C3c5ccccc5C4c4ccccc43)cc21. The number of hydrogen-bond acceptors (Lipinski definition) is 1. The molecule has 0 saturated heterocycles. The van der Waals surface area contributed by atoms with Crippen molar-refractivity contribution in [1.29, 1.82) is 0 Å². The van der Waals surface area contributed by atoms with E-state index in [4.69, 9.17) is 0 Å². The molecule has 0 aromatic heterocycles. The molecule has 0 heterocycles. The highest BCUT2D eigenvalue weighted by Crippen LogP contribution is 2.60. The van der Waals surface area contributed by atoms with Crippen LogP contribution in [0.5, 0.6) is 5.75 Å². The molecule has 1 nitrogen and oxygen atoms in total. The van der Waals surface area contributed by atoms with Crippen molar-refractivity contribution in [3.63, 3.8) is 0 Å². The van der Waals surface area contributed by atoms with Crippen molar-refractivity contribution in [2.45, 2.75) is 31.1 Å². The summed E-state index contributed by atoms with van der Waals surface area (Å²) in [4.78, 5) is 0. The average molecular weight is 463 g/mol. The minimum absolute atomic E-state index is 0.0445. The highest BCUT2D eigenvalue weighted by Gasteiger charge is 2.44. The number of benzene rings is 5. The van der Waals surface area contributed by atoms with Gasteiger partial charge in [0.25, 0.3) is 0 Å². The molecule has 36 heavy (non-hydrogen) atoms. The van der Waals surface area contributed by atoms with Gasteiger partial charge in [0.15, 0.2) is 0 Å². The zero-order chi connectivity index (χ0) is 24.2. The smallest absolute Gasteiger partial charge is 0.120 e. The molecule has 5 aromatic rings. The number of aromatic hydroxyl groups is 1. The lowest BCUT2D eigenvalue weighted by molar-refractivity contribution is 0.463. The first-order valence-electron chi connectivity index (χ1n) is 12.8. The molecule has 0 spiro atoms. The van der Waals surface area contributed by atoms with Crippen LogP contribution in [0.3, 0.4) is 0 Å². The Morgan fingerprint density at radius 3 is 1.72 bits per heavy atom. The Morgan fingerprint density at radius 1 is 0.528 bits per heavy atom. The van der Waals surface area contributed by atoms with Crippen molar-refractivity contribution in [2.75, 3.05) is 0 Å². The number of hydrogen-bond donors (Lipinski definition) is 1. The monoisotopic (exact) mass is 462 g/mol. The fourth-order valence-corrected chi connectivity index (χ4v) is 7.39. The van der Waals surface area contributed by atoms with Crippen LogP contribution in [-0.4, -0.2) is 5.11 Å². The van der Waals surface area contributed by atoms with Crippen LogP contribution in [0, 0.1) is 0 Å². The van der Waals surface area contributed by atoms with Crippen molar-refractivity contribution < 1.29 is 5.11 Å². The number of phenols is 1. The molecule has 5 aromatic carbocycles. The molecule has 4 aliphatic carbocycles. The molecule has 0 aliphatic heterocycles. The van der Waals surface area contributed by atoms with Crippen molar-refractivity contribution >= 4 is 0 Å². The first kappa shape index (κ1) is 20.1. The standard InChI is InChI=1S/C35H26O/c1-35(2)28-14-8-7-9-22(28)23-16-15-20(19-29(23)35)21-17-18-30(36)34-32-26-12-5-3-10-24(26)31(33(21)34)25-11-4-6-13-27(25)32/h3-19,31-32,36H,1-2H3. The van der Waals surface area contributed by atoms with E-state index in [1.54, 1.807) is 0 Å². The highest BCUT2D eigenvalue weighted by molar-refractivity contribution is 5.86. The van der Waals surface area contributed by atoms with Crippen LogP contribution in [0.2, 0.25) is 0 Å². The van der Waals surface area contributed by atoms with E-state index in [0.717, 1.165) is 5.56 Å². The van der Waals surface area contributed by atoms with Crippen molar-refractivity contribution in [3.8, 4) is 28.0 Å². The van der Waals surface area contributed by atoms with E-state index in [1.165, 1.54) is 61.2 Å². The van der Waals surface area contributed by atoms with Crippen LogP contribution in [0.25, 0.3) is 22.3 Å². The predicted molar refractivity (Wildman–Crippen MR) is 146 cm³/mol. The van der Waals surface area contributed by atoms with Gasteiger partial charge in [0.05, 0.1) is 0 Å². The molecule has 0 radical (unpaired) electrons. The Labute approximate surface area is 211 Å². The van der Waals surface area contributed by atoms with Gasteiger partial charge in [0.2, 0.25) is 0 Å². The average Bonchev–Trinajstić information content (AvgIpc) is 3.15. The summed E-state index contributed by atoms with van der Waals surface area (Å²) < 4.78 is 0. The second kappa shape index (κ2) is 6.77. The van der Waals surface area contributed by atoms with E-state index in [9.17, 15) is 5.11 Å². The quantitative estimate of drug-likeness (QED) is 0.260. The maximum Gasteiger partial charge on any atom is 0.120 e. The number of fused-ring (bicyclic) bond motifs is 3. The zero-order valence-electron chi connectivity index (χ0n) is 20.4. The molecule has 1 N–H and O–H groups in total. The summed E-state index contributed by atoms with van der Waals surface area (Å²) in [7, 11) is 0. The Morgan fingerprint density at radius 2 is 1.06 bits per heavy atom. The van der Waals surface area contributed by atoms with Crippen LogP contribution >= 0.6 is 0 Å². The molecule has 172 valence electrons. The Kier molecular flexibility index (Phi) is 3.78. The predicted octanol–water partition coefficient (Wildman–Crippen LogP) is 8.35. The third kappa shape index (κ3) is 2.36. The number of rotatable bonds is 1. The summed E-state index contributed by atoms with van der Waals surface area (Å²) in [6, 6.07) is 37.4. The Balaban J connectivity index is 1.40. The van der Waals surface area contributed by atoms with Gasteiger partial charge in [-0.15, -0.1) is 0 Å². The van der Waals surface area contributed by atoms with Crippen LogP contribution < -0.4 is 0 Å². The fraction of sp³-hybridized carbons (Fsp3) is 0.143. The third-order valence-corrected chi connectivity index (χ3v) is 8.97. The van der Waals surface area contributed by atoms with Gasteiger partial charge in [0.1, 0.15) is 5.75 Å². The highest BCUT2D eigenvalue weighted by atomic mass is 16.3. The molecule has 4 aliphatic rings. The second-order valence-corrected chi connectivity index (χ2v) is 11.0. The molecular formula is C35H26O. The molecule has 0 atom stereocenters. The van der Waals surface area contributed by atoms with Gasteiger partial charge in [-0.2, -0.15) is 0 Å². The van der Waals surface area contributed by atoms with Gasteiger partial charge in [-0.1, -0.05) is 105 Å². The molecule has 1 heteroatoms. The van der Waals surface area contributed by atoms with Gasteiger partial charge >= 0.3 is 0 Å². The van der Waals surface area contributed by atoms with E-state index in [0.29, 0.717) is 5.75 Å². The molecule has 9 rings (SSSR count). The zero-order valence-corrected chi connectivity index (χ0v) is 20.4. The lowest BCUT2D eigenvalue weighted by atomic mass is 9.59. The maximum absolute atomic E-state index is 11.3. The first-order valence-corrected chi connectivity index (χ1v) is 12.8. The summed E-state index contributed by atoms with van der Waals surface area (Å²) in [6.07, 6.45) is 0. The molecule has 0 fully saturated rings. The van der Waals surface area contributed by atoms with E-state index in [-0.39, 0.29) is 17.3 Å². The van der Waals surface area contributed by atoms with Crippen molar-refractivity contribution in [2.24, 2.45) is 0 Å². The molecule has 0 amide bonds. The van der Waals surface area contributed by atoms with Crippen LogP contribution in [0.1, 0.15) is 70.2 Å². The van der Waals surface area contributed by atoms with Crippen molar-refractivity contribution in [1.82, 2.24) is 0 Å². The van der Waals surface area contributed by atoms with Gasteiger partial charge in [-0.3, -0.25) is 0 Å². The largest absolute Gasteiger partial charge is 0.508 e. The van der Waals surface area contributed by atoms with Gasteiger partial charge in [-0.05, 0) is 73.3 Å². The van der Waals surface area contributed by atoms with Crippen LogP contribution in [0.15, 0.2) is 103 Å². The lowest BCUT2D eigenvalue weighted by Crippen LogP contribution is -2.28. The Hall–Kier alpha value is -4.10. The second-order valence-electron chi connectivity index (χ2n) is 11.0. The first-order chi connectivity index (χ1) is 17.6. The van der Waals surface area contributed by atoms with Gasteiger partial charge in [0, 0.05) is 22.8 Å². The van der Waals surface area contributed by atoms with Gasteiger partial charge < -0.3 is 5.11 Å². The molecule has 0 saturated carbocycles. The molecule has 2 bridgehead atoms. The summed E-state index contributed by atoms with van der Waals surface area (Å²) >= 11 is 0. The fourth-order valence-electron chi connectivity index (χ4n) is 7.39. The molecular weight excluding hydrogens is 436 g/mol. The van der Waals surface area contributed by atoms with E-state index >= 15 is 0 Å². The van der Waals surface area contributed by atoms with E-state index in [2.05, 4.69) is 111 Å². The lowest BCUT2D eigenvalue weighted by Gasteiger charge is -2.43. The summed E-state index contributed by atoms with van der Waals surface area (Å²) in [5.41, 5.74) is 15.6. The summed E-state index contributed by atoms with van der Waals surface area (Å²) in [5.74, 6) is 0.590.